The lowest BCUT2D eigenvalue weighted by molar-refractivity contribution is 0.0900. The summed E-state index contributed by atoms with van der Waals surface area (Å²) < 4.78 is 10.7. The molecule has 0 aromatic heterocycles. The van der Waals surface area contributed by atoms with E-state index in [-0.39, 0.29) is 24.4 Å². The van der Waals surface area contributed by atoms with Crippen molar-refractivity contribution in [1.29, 1.82) is 0 Å². The van der Waals surface area contributed by atoms with Gasteiger partial charge in [0.25, 0.3) is 5.91 Å². The Morgan fingerprint density at radius 3 is 2.73 bits per heavy atom. The van der Waals surface area contributed by atoms with Gasteiger partial charge in [-0.2, -0.15) is 0 Å². The number of nitrogen functional groups attached to an aromatic ring is 1. The molecule has 2 aliphatic rings. The normalized spacial score (nSPS) is 21.2. The highest BCUT2D eigenvalue weighted by Crippen LogP contribution is 2.29. The van der Waals surface area contributed by atoms with Gasteiger partial charge < -0.3 is 25.4 Å². The molecule has 3 rings (SSSR count). The average Bonchev–Trinajstić information content (AvgIpc) is 3.11. The fourth-order valence-electron chi connectivity index (χ4n) is 3.53. The quantitative estimate of drug-likeness (QED) is 0.738. The molecule has 26 heavy (non-hydrogen) atoms. The van der Waals surface area contributed by atoms with Crippen molar-refractivity contribution in [3.8, 4) is 5.75 Å². The number of benzene rings is 1. The van der Waals surface area contributed by atoms with Crippen molar-refractivity contribution in [2.24, 2.45) is 5.92 Å². The van der Waals surface area contributed by atoms with Gasteiger partial charge in [-0.15, -0.1) is 12.4 Å². The first-order valence-corrected chi connectivity index (χ1v) is 9.18. The van der Waals surface area contributed by atoms with Crippen LogP contribution < -0.4 is 15.8 Å². The van der Waals surface area contributed by atoms with E-state index < -0.39 is 0 Å². The Balaban J connectivity index is 0.00000243. The zero-order valence-electron chi connectivity index (χ0n) is 15.0. The molecule has 2 aliphatic heterocycles. The van der Waals surface area contributed by atoms with E-state index in [9.17, 15) is 4.79 Å². The van der Waals surface area contributed by atoms with E-state index in [1.807, 2.05) is 0 Å². The maximum atomic E-state index is 12.6. The van der Waals surface area contributed by atoms with Crippen LogP contribution in [0.2, 0.25) is 5.02 Å². The second-order valence-corrected chi connectivity index (χ2v) is 7.26. The van der Waals surface area contributed by atoms with Gasteiger partial charge in [-0.25, -0.2) is 0 Å². The third kappa shape index (κ3) is 5.16. The first kappa shape index (κ1) is 21.1. The second-order valence-electron chi connectivity index (χ2n) is 6.85. The molecule has 1 unspecified atom stereocenters. The van der Waals surface area contributed by atoms with Crippen LogP contribution in [0.25, 0.3) is 0 Å². The molecular formula is C18H27Cl2N3O3. The van der Waals surface area contributed by atoms with Gasteiger partial charge in [0, 0.05) is 38.3 Å². The lowest BCUT2D eigenvalue weighted by atomic mass is 10.0. The van der Waals surface area contributed by atoms with Crippen molar-refractivity contribution in [3.63, 3.8) is 0 Å². The number of ether oxygens (including phenoxy) is 2. The number of anilines is 1. The van der Waals surface area contributed by atoms with E-state index in [2.05, 4.69) is 10.2 Å². The van der Waals surface area contributed by atoms with Gasteiger partial charge in [-0.1, -0.05) is 11.6 Å². The number of nitrogens with zero attached hydrogens (tertiary/aromatic N) is 1. The monoisotopic (exact) mass is 403 g/mol. The number of rotatable bonds is 5. The highest BCUT2D eigenvalue weighted by atomic mass is 35.5. The number of piperidine rings is 1. The summed E-state index contributed by atoms with van der Waals surface area (Å²) in [6.07, 6.45) is 3.06. The Morgan fingerprint density at radius 2 is 2.12 bits per heavy atom. The van der Waals surface area contributed by atoms with E-state index in [1.165, 1.54) is 7.11 Å². The highest BCUT2D eigenvalue weighted by Gasteiger charge is 2.25. The summed E-state index contributed by atoms with van der Waals surface area (Å²) in [4.78, 5) is 15.1. The molecule has 2 heterocycles. The number of carbonyl (C=O) groups is 1. The van der Waals surface area contributed by atoms with Gasteiger partial charge in [-0.3, -0.25) is 4.79 Å². The molecule has 1 aromatic carbocycles. The number of nitrogens with two attached hydrogens (primary N) is 1. The lowest BCUT2D eigenvalue weighted by Crippen LogP contribution is -2.45. The Hall–Kier alpha value is -1.21. The van der Waals surface area contributed by atoms with E-state index in [1.54, 1.807) is 12.1 Å². The van der Waals surface area contributed by atoms with Crippen LogP contribution in [0.15, 0.2) is 12.1 Å². The van der Waals surface area contributed by atoms with Crippen molar-refractivity contribution in [3.05, 3.63) is 22.7 Å². The molecule has 6 nitrogen and oxygen atoms in total. The van der Waals surface area contributed by atoms with E-state index in [0.29, 0.717) is 27.9 Å². The zero-order valence-corrected chi connectivity index (χ0v) is 16.6. The molecule has 0 bridgehead atoms. The van der Waals surface area contributed by atoms with E-state index in [4.69, 9.17) is 26.8 Å². The molecule has 146 valence electrons. The first-order valence-electron chi connectivity index (χ1n) is 8.80. The van der Waals surface area contributed by atoms with Crippen LogP contribution in [-0.4, -0.2) is 56.8 Å². The van der Waals surface area contributed by atoms with Crippen LogP contribution in [-0.2, 0) is 4.74 Å². The molecular weight excluding hydrogens is 377 g/mol. The predicted molar refractivity (Wildman–Crippen MR) is 106 cm³/mol. The van der Waals surface area contributed by atoms with Gasteiger partial charge in [0.15, 0.2) is 0 Å². The smallest absolute Gasteiger partial charge is 0.255 e. The third-order valence-corrected chi connectivity index (χ3v) is 5.35. The molecule has 1 atom stereocenters. The highest BCUT2D eigenvalue weighted by molar-refractivity contribution is 6.33. The summed E-state index contributed by atoms with van der Waals surface area (Å²) in [7, 11) is 1.52. The summed E-state index contributed by atoms with van der Waals surface area (Å²) in [5.41, 5.74) is 6.60. The number of hydrogen-bond acceptors (Lipinski definition) is 5. The fourth-order valence-corrected chi connectivity index (χ4v) is 3.69. The molecule has 2 fully saturated rings. The van der Waals surface area contributed by atoms with Crippen LogP contribution >= 0.6 is 24.0 Å². The molecule has 1 amide bonds. The number of methoxy groups -OCH3 is 1. The van der Waals surface area contributed by atoms with Crippen molar-refractivity contribution in [2.45, 2.75) is 25.3 Å². The Labute approximate surface area is 165 Å². The topological polar surface area (TPSA) is 76.8 Å². The SMILES string of the molecule is COc1cc(N)c(Cl)cc1C(=O)NC1CCN(CC2CCOC2)CC1.Cl. The predicted octanol–water partition coefficient (Wildman–Crippen LogP) is 2.58. The number of nitrogens with one attached hydrogen (secondary N) is 1. The van der Waals surface area contributed by atoms with Gasteiger partial charge in [0.2, 0.25) is 0 Å². The number of carbonyl (C=O) groups excluding carboxylic acids is 1. The van der Waals surface area contributed by atoms with Gasteiger partial charge in [0.05, 0.1) is 30.0 Å². The lowest BCUT2D eigenvalue weighted by Gasteiger charge is -2.33. The second kappa shape index (κ2) is 9.65. The van der Waals surface area contributed by atoms with Crippen molar-refractivity contribution < 1.29 is 14.3 Å². The molecule has 0 aliphatic carbocycles. The van der Waals surface area contributed by atoms with Gasteiger partial charge >= 0.3 is 0 Å². The standard InChI is InChI=1S/C18H26ClN3O3.ClH/c1-24-17-9-16(20)15(19)8-14(17)18(23)21-13-2-5-22(6-3-13)10-12-4-7-25-11-12;/h8-9,12-13H,2-7,10-11,20H2,1H3,(H,21,23);1H. The van der Waals surface area contributed by atoms with E-state index in [0.717, 1.165) is 52.1 Å². The summed E-state index contributed by atoms with van der Waals surface area (Å²) >= 11 is 6.05. The number of hydrogen-bond donors (Lipinski definition) is 2. The summed E-state index contributed by atoms with van der Waals surface area (Å²) in [5, 5.41) is 3.46. The Bertz CT molecular complexity index is 616. The number of likely N-dealkylation sites (tertiary alicyclic amines) is 1. The third-order valence-electron chi connectivity index (χ3n) is 5.03. The van der Waals surface area contributed by atoms with Crippen LogP contribution in [0.4, 0.5) is 5.69 Å². The maximum absolute atomic E-state index is 12.6. The van der Waals surface area contributed by atoms with Crippen LogP contribution in [0.1, 0.15) is 29.6 Å². The molecule has 2 saturated heterocycles. The average molecular weight is 404 g/mol. The zero-order chi connectivity index (χ0) is 17.8. The first-order chi connectivity index (χ1) is 12.1. The molecule has 1 aromatic rings. The summed E-state index contributed by atoms with van der Waals surface area (Å²) in [6.45, 7) is 4.88. The number of amides is 1. The molecule has 8 heteroatoms. The largest absolute Gasteiger partial charge is 0.496 e. The minimum absolute atomic E-state index is 0. The van der Waals surface area contributed by atoms with Gasteiger partial charge in [-0.05, 0) is 31.2 Å². The van der Waals surface area contributed by atoms with Crippen LogP contribution in [0, 0.1) is 5.92 Å². The Kier molecular flexibility index (Phi) is 7.83. The Morgan fingerprint density at radius 1 is 1.38 bits per heavy atom. The summed E-state index contributed by atoms with van der Waals surface area (Å²) in [6, 6.07) is 3.33. The van der Waals surface area contributed by atoms with Crippen molar-refractivity contribution >= 4 is 35.6 Å². The number of halogens is 2. The van der Waals surface area contributed by atoms with Crippen molar-refractivity contribution in [1.82, 2.24) is 10.2 Å². The van der Waals surface area contributed by atoms with Crippen LogP contribution in [0.3, 0.4) is 0 Å². The van der Waals surface area contributed by atoms with E-state index >= 15 is 0 Å². The summed E-state index contributed by atoms with van der Waals surface area (Å²) in [5.74, 6) is 0.937. The molecule has 3 N–H and O–H groups in total. The van der Waals surface area contributed by atoms with Gasteiger partial charge in [0.1, 0.15) is 5.75 Å². The van der Waals surface area contributed by atoms with Crippen LogP contribution in [0.5, 0.6) is 5.75 Å². The molecule has 0 saturated carbocycles. The molecule has 0 spiro atoms. The maximum Gasteiger partial charge on any atom is 0.255 e. The molecule has 0 radical (unpaired) electrons. The van der Waals surface area contributed by atoms with Crippen molar-refractivity contribution in [2.75, 3.05) is 45.7 Å². The minimum Gasteiger partial charge on any atom is -0.496 e. The minimum atomic E-state index is -0.165. The fraction of sp³-hybridized carbons (Fsp3) is 0.611.